The SMILES string of the molecule is COc1c(NC(=O)Cn2ccc(C(F)(F)F)n2)ccnc1F. The molecule has 1 amide bonds. The van der Waals surface area contributed by atoms with Gasteiger partial charge in [0.05, 0.1) is 12.8 Å². The number of carbonyl (C=O) groups excluding carboxylic acids is 1. The largest absolute Gasteiger partial charge is 0.490 e. The molecule has 0 saturated carbocycles. The summed E-state index contributed by atoms with van der Waals surface area (Å²) in [4.78, 5) is 15.1. The second-order valence-electron chi connectivity index (χ2n) is 4.13. The molecular weight excluding hydrogens is 308 g/mol. The van der Waals surface area contributed by atoms with Gasteiger partial charge < -0.3 is 10.1 Å². The van der Waals surface area contributed by atoms with E-state index in [0.717, 1.165) is 23.1 Å². The molecule has 0 spiro atoms. The summed E-state index contributed by atoms with van der Waals surface area (Å²) >= 11 is 0. The second-order valence-corrected chi connectivity index (χ2v) is 4.13. The van der Waals surface area contributed by atoms with Gasteiger partial charge in [0.15, 0.2) is 11.4 Å². The molecule has 2 aromatic heterocycles. The highest BCUT2D eigenvalue weighted by atomic mass is 19.4. The van der Waals surface area contributed by atoms with Gasteiger partial charge in [-0.1, -0.05) is 0 Å². The van der Waals surface area contributed by atoms with Crippen LogP contribution in [-0.4, -0.2) is 27.8 Å². The van der Waals surface area contributed by atoms with Crippen molar-refractivity contribution in [3.63, 3.8) is 0 Å². The summed E-state index contributed by atoms with van der Waals surface area (Å²) < 4.78 is 56.1. The molecule has 10 heteroatoms. The van der Waals surface area contributed by atoms with Gasteiger partial charge in [-0.2, -0.15) is 22.7 Å². The number of ether oxygens (including phenoxy) is 1. The molecule has 0 aliphatic rings. The van der Waals surface area contributed by atoms with Gasteiger partial charge >= 0.3 is 6.18 Å². The van der Waals surface area contributed by atoms with Gasteiger partial charge in [0, 0.05) is 12.4 Å². The van der Waals surface area contributed by atoms with Crippen LogP contribution < -0.4 is 10.1 Å². The van der Waals surface area contributed by atoms with Crippen molar-refractivity contribution in [2.75, 3.05) is 12.4 Å². The van der Waals surface area contributed by atoms with E-state index in [1.165, 1.54) is 13.2 Å². The van der Waals surface area contributed by atoms with E-state index < -0.39 is 30.3 Å². The summed E-state index contributed by atoms with van der Waals surface area (Å²) in [6.07, 6.45) is -2.45. The van der Waals surface area contributed by atoms with E-state index in [4.69, 9.17) is 4.74 Å². The number of nitrogens with zero attached hydrogens (tertiary/aromatic N) is 3. The van der Waals surface area contributed by atoms with Crippen molar-refractivity contribution in [2.45, 2.75) is 12.7 Å². The second kappa shape index (κ2) is 6.00. The van der Waals surface area contributed by atoms with Crippen LogP contribution in [0.25, 0.3) is 0 Å². The number of alkyl halides is 3. The molecule has 118 valence electrons. The van der Waals surface area contributed by atoms with Gasteiger partial charge in [0.2, 0.25) is 5.91 Å². The molecule has 0 radical (unpaired) electrons. The van der Waals surface area contributed by atoms with Crippen LogP contribution in [0.2, 0.25) is 0 Å². The quantitative estimate of drug-likeness (QED) is 0.692. The molecule has 0 unspecified atom stereocenters. The molecule has 6 nitrogen and oxygen atoms in total. The normalized spacial score (nSPS) is 11.3. The number of halogens is 4. The first kappa shape index (κ1) is 15.7. The number of aromatic nitrogens is 3. The van der Waals surface area contributed by atoms with Gasteiger partial charge in [0.25, 0.3) is 5.95 Å². The number of nitrogens with one attached hydrogen (secondary N) is 1. The first-order valence-electron chi connectivity index (χ1n) is 5.90. The molecule has 1 N–H and O–H groups in total. The lowest BCUT2D eigenvalue weighted by Crippen LogP contribution is -2.20. The van der Waals surface area contributed by atoms with E-state index in [1.807, 2.05) is 0 Å². The van der Waals surface area contributed by atoms with E-state index in [-0.39, 0.29) is 11.4 Å². The van der Waals surface area contributed by atoms with Gasteiger partial charge in [-0.15, -0.1) is 0 Å². The maximum Gasteiger partial charge on any atom is 0.435 e. The number of anilines is 1. The van der Waals surface area contributed by atoms with Gasteiger partial charge in [-0.25, -0.2) is 4.98 Å². The fourth-order valence-electron chi connectivity index (χ4n) is 1.65. The Labute approximate surface area is 121 Å². The van der Waals surface area contributed by atoms with E-state index in [9.17, 15) is 22.4 Å². The Morgan fingerprint density at radius 2 is 2.14 bits per heavy atom. The van der Waals surface area contributed by atoms with Crippen LogP contribution in [-0.2, 0) is 17.5 Å². The minimum atomic E-state index is -4.58. The van der Waals surface area contributed by atoms with Crippen LogP contribution in [0.4, 0.5) is 23.2 Å². The summed E-state index contributed by atoms with van der Waals surface area (Å²) in [6, 6.07) is 2.05. The summed E-state index contributed by atoms with van der Waals surface area (Å²) in [5.74, 6) is -1.88. The van der Waals surface area contributed by atoms with Gasteiger partial charge in [-0.05, 0) is 12.1 Å². The third kappa shape index (κ3) is 3.51. The zero-order valence-electron chi connectivity index (χ0n) is 11.2. The smallest absolute Gasteiger partial charge is 0.435 e. The average molecular weight is 318 g/mol. The maximum atomic E-state index is 13.3. The van der Waals surface area contributed by atoms with Crippen LogP contribution in [0.5, 0.6) is 5.75 Å². The highest BCUT2D eigenvalue weighted by molar-refractivity contribution is 5.91. The Morgan fingerprint density at radius 3 is 2.73 bits per heavy atom. The number of carbonyl (C=O) groups is 1. The van der Waals surface area contributed by atoms with Crippen molar-refractivity contribution < 1.29 is 27.1 Å². The van der Waals surface area contributed by atoms with Crippen molar-refractivity contribution in [1.82, 2.24) is 14.8 Å². The number of rotatable bonds is 4. The molecule has 0 aliphatic carbocycles. The van der Waals surface area contributed by atoms with Crippen LogP contribution in [0.3, 0.4) is 0 Å². The molecule has 2 rings (SSSR count). The summed E-state index contributed by atoms with van der Waals surface area (Å²) in [5.41, 5.74) is -1.09. The molecule has 0 fully saturated rings. The number of hydrogen-bond donors (Lipinski definition) is 1. The molecule has 22 heavy (non-hydrogen) atoms. The van der Waals surface area contributed by atoms with Crippen LogP contribution in [0.1, 0.15) is 5.69 Å². The zero-order chi connectivity index (χ0) is 16.3. The Kier molecular flexibility index (Phi) is 4.29. The van der Waals surface area contributed by atoms with Crippen LogP contribution in [0.15, 0.2) is 24.5 Å². The fraction of sp³-hybridized carbons (Fsp3) is 0.250. The molecular formula is C12H10F4N4O2. The van der Waals surface area contributed by atoms with E-state index in [1.54, 1.807) is 0 Å². The van der Waals surface area contributed by atoms with Gasteiger partial charge in [0.1, 0.15) is 6.54 Å². The molecule has 0 bridgehead atoms. The summed E-state index contributed by atoms with van der Waals surface area (Å²) in [6.45, 7) is -0.469. The molecule has 2 aromatic rings. The number of hydrogen-bond acceptors (Lipinski definition) is 4. The minimum absolute atomic E-state index is 0.0169. The number of amides is 1. The van der Waals surface area contributed by atoms with E-state index in [2.05, 4.69) is 15.4 Å². The molecule has 2 heterocycles. The summed E-state index contributed by atoms with van der Waals surface area (Å²) in [7, 11) is 1.19. The topological polar surface area (TPSA) is 69.0 Å². The fourth-order valence-corrected chi connectivity index (χ4v) is 1.65. The Balaban J connectivity index is 2.08. The molecule has 0 atom stereocenters. The lowest BCUT2D eigenvalue weighted by atomic mass is 10.3. The average Bonchev–Trinajstić information content (AvgIpc) is 2.87. The lowest BCUT2D eigenvalue weighted by Gasteiger charge is -2.10. The van der Waals surface area contributed by atoms with Crippen molar-refractivity contribution in [2.24, 2.45) is 0 Å². The maximum absolute atomic E-state index is 13.3. The molecule has 0 aromatic carbocycles. The van der Waals surface area contributed by atoms with Crippen molar-refractivity contribution in [3.8, 4) is 5.75 Å². The zero-order valence-corrected chi connectivity index (χ0v) is 11.2. The van der Waals surface area contributed by atoms with Crippen LogP contribution >= 0.6 is 0 Å². The van der Waals surface area contributed by atoms with Crippen molar-refractivity contribution >= 4 is 11.6 Å². The number of methoxy groups -OCH3 is 1. The van der Waals surface area contributed by atoms with Crippen molar-refractivity contribution in [1.29, 1.82) is 0 Å². The standard InChI is InChI=1S/C12H10F4N4O2/c1-22-10-7(2-4-17-11(10)13)18-9(21)6-20-5-3-8(19-20)12(14,15)16/h2-5H,6H2,1H3,(H,17,18,21). The van der Waals surface area contributed by atoms with E-state index >= 15 is 0 Å². The molecule has 0 saturated heterocycles. The third-order valence-corrected chi connectivity index (χ3v) is 2.58. The predicted molar refractivity (Wildman–Crippen MR) is 66.6 cm³/mol. The third-order valence-electron chi connectivity index (χ3n) is 2.58. The van der Waals surface area contributed by atoms with Crippen molar-refractivity contribution in [3.05, 3.63) is 36.2 Å². The first-order chi connectivity index (χ1) is 10.3. The highest BCUT2D eigenvalue weighted by Crippen LogP contribution is 2.27. The summed E-state index contributed by atoms with van der Waals surface area (Å²) in [5, 5.41) is 5.55. The Morgan fingerprint density at radius 1 is 1.41 bits per heavy atom. The van der Waals surface area contributed by atoms with E-state index in [0.29, 0.717) is 0 Å². The Hall–Kier alpha value is -2.65. The predicted octanol–water partition coefficient (Wildman–Crippen LogP) is 2.08. The number of pyridine rings is 1. The highest BCUT2D eigenvalue weighted by Gasteiger charge is 2.33. The lowest BCUT2D eigenvalue weighted by molar-refractivity contribution is -0.141. The molecule has 0 aliphatic heterocycles. The monoisotopic (exact) mass is 318 g/mol. The van der Waals surface area contributed by atoms with Gasteiger partial charge in [-0.3, -0.25) is 9.48 Å². The first-order valence-corrected chi connectivity index (χ1v) is 5.90. The minimum Gasteiger partial charge on any atom is -0.490 e. The van der Waals surface area contributed by atoms with Crippen LogP contribution in [0, 0.1) is 5.95 Å². The Bertz CT molecular complexity index is 684.